The molecule has 0 radical (unpaired) electrons. The van der Waals surface area contributed by atoms with Gasteiger partial charge < -0.3 is 14.3 Å². The predicted octanol–water partition coefficient (Wildman–Crippen LogP) is 2.17. The average molecular weight is 409 g/mol. The standard InChI is InChI=1S/C19H15N5O6/c1-3-30-19(27)16-10(2)23-13-7-14(22-5-4-11(8-22)9-25)15(24(28)29)6-12(13)20-18(26)17(23)21-16/h4-9H,3H2,1-2H3,(H,20,26). The van der Waals surface area contributed by atoms with Crippen LogP contribution in [0.1, 0.15) is 33.5 Å². The highest BCUT2D eigenvalue weighted by molar-refractivity contribution is 5.91. The average Bonchev–Trinajstić information content (AvgIpc) is 3.32. The fourth-order valence-corrected chi connectivity index (χ4v) is 3.36. The Morgan fingerprint density at radius 2 is 2.17 bits per heavy atom. The molecule has 11 nitrogen and oxygen atoms in total. The van der Waals surface area contributed by atoms with Crippen LogP contribution >= 0.6 is 0 Å². The van der Waals surface area contributed by atoms with Gasteiger partial charge in [-0.05, 0) is 26.0 Å². The molecule has 0 spiro atoms. The van der Waals surface area contributed by atoms with E-state index in [4.69, 9.17) is 4.74 Å². The summed E-state index contributed by atoms with van der Waals surface area (Å²) >= 11 is 0. The van der Waals surface area contributed by atoms with Crippen molar-refractivity contribution in [3.8, 4) is 5.69 Å². The quantitative estimate of drug-likeness (QED) is 0.230. The second-order valence-corrected chi connectivity index (χ2v) is 6.46. The molecule has 0 aliphatic heterocycles. The second kappa shape index (κ2) is 6.95. The number of aldehydes is 1. The van der Waals surface area contributed by atoms with Crippen LogP contribution in [0.4, 0.5) is 5.69 Å². The number of aromatic amines is 1. The number of carbonyl (C=O) groups is 2. The molecule has 30 heavy (non-hydrogen) atoms. The van der Waals surface area contributed by atoms with E-state index in [1.165, 1.54) is 39.6 Å². The largest absolute Gasteiger partial charge is 0.461 e. The maximum Gasteiger partial charge on any atom is 0.358 e. The molecule has 4 rings (SSSR count). The number of hydrogen-bond acceptors (Lipinski definition) is 7. The molecule has 11 heteroatoms. The van der Waals surface area contributed by atoms with Crippen molar-refractivity contribution in [2.75, 3.05) is 6.61 Å². The SMILES string of the molecule is CCOC(=O)c1nc2c(=O)[nH]c3cc([N+](=O)[O-])c(-n4ccc(C=O)c4)cc3n2c1C. The molecule has 0 amide bonds. The first-order valence-electron chi connectivity index (χ1n) is 8.89. The Bertz CT molecular complexity index is 1410. The van der Waals surface area contributed by atoms with Crippen molar-refractivity contribution in [1.29, 1.82) is 0 Å². The van der Waals surface area contributed by atoms with E-state index in [2.05, 4.69) is 9.97 Å². The normalized spacial score (nSPS) is 11.1. The molecule has 0 aliphatic rings. The van der Waals surface area contributed by atoms with Crippen LogP contribution in [0.25, 0.3) is 22.4 Å². The lowest BCUT2D eigenvalue weighted by Gasteiger charge is -2.09. The molecule has 4 aromatic rings. The van der Waals surface area contributed by atoms with Gasteiger partial charge in [-0.3, -0.25) is 24.1 Å². The Morgan fingerprint density at radius 3 is 2.80 bits per heavy atom. The van der Waals surface area contributed by atoms with Crippen molar-refractivity contribution in [1.82, 2.24) is 18.9 Å². The topological polar surface area (TPSA) is 142 Å². The smallest absolute Gasteiger partial charge is 0.358 e. The maximum absolute atomic E-state index is 12.5. The summed E-state index contributed by atoms with van der Waals surface area (Å²) in [5, 5.41) is 11.6. The monoisotopic (exact) mass is 409 g/mol. The van der Waals surface area contributed by atoms with Crippen LogP contribution < -0.4 is 5.56 Å². The van der Waals surface area contributed by atoms with Gasteiger partial charge in [0.25, 0.3) is 11.2 Å². The van der Waals surface area contributed by atoms with E-state index in [1.807, 2.05) is 0 Å². The van der Waals surface area contributed by atoms with E-state index >= 15 is 0 Å². The molecule has 1 aromatic carbocycles. The van der Waals surface area contributed by atoms with Crippen LogP contribution in [0.15, 0.2) is 35.4 Å². The van der Waals surface area contributed by atoms with Crippen LogP contribution in [0.3, 0.4) is 0 Å². The highest BCUT2D eigenvalue weighted by atomic mass is 16.6. The minimum Gasteiger partial charge on any atom is -0.461 e. The zero-order valence-electron chi connectivity index (χ0n) is 15.9. The van der Waals surface area contributed by atoms with Crippen molar-refractivity contribution in [3.05, 3.63) is 68.0 Å². The lowest BCUT2D eigenvalue weighted by atomic mass is 10.2. The first-order valence-corrected chi connectivity index (χ1v) is 8.89. The summed E-state index contributed by atoms with van der Waals surface area (Å²) in [6.07, 6.45) is 3.60. The van der Waals surface area contributed by atoms with Crippen LogP contribution in [0, 0.1) is 17.0 Å². The van der Waals surface area contributed by atoms with Gasteiger partial charge in [0.15, 0.2) is 12.0 Å². The summed E-state index contributed by atoms with van der Waals surface area (Å²) < 4.78 is 7.89. The van der Waals surface area contributed by atoms with Crippen molar-refractivity contribution in [3.63, 3.8) is 0 Å². The van der Waals surface area contributed by atoms with Gasteiger partial charge in [-0.2, -0.15) is 0 Å². The molecule has 3 heterocycles. The number of fused-ring (bicyclic) bond motifs is 3. The molecular formula is C19H15N5O6. The maximum atomic E-state index is 12.5. The summed E-state index contributed by atoms with van der Waals surface area (Å²) in [5.41, 5.74) is 0.553. The molecular weight excluding hydrogens is 394 g/mol. The summed E-state index contributed by atoms with van der Waals surface area (Å²) in [4.78, 5) is 53.5. The molecule has 0 unspecified atom stereocenters. The third-order valence-corrected chi connectivity index (χ3v) is 4.69. The minimum absolute atomic E-state index is 0.0149. The van der Waals surface area contributed by atoms with Gasteiger partial charge in [-0.15, -0.1) is 0 Å². The Morgan fingerprint density at radius 1 is 1.40 bits per heavy atom. The molecule has 0 aliphatic carbocycles. The predicted molar refractivity (Wildman–Crippen MR) is 105 cm³/mol. The minimum atomic E-state index is -0.672. The Labute approximate surface area is 167 Å². The number of H-pyrrole nitrogens is 1. The van der Waals surface area contributed by atoms with E-state index in [9.17, 15) is 24.5 Å². The third-order valence-electron chi connectivity index (χ3n) is 4.69. The first-order chi connectivity index (χ1) is 14.3. The lowest BCUT2D eigenvalue weighted by Crippen LogP contribution is -2.12. The second-order valence-electron chi connectivity index (χ2n) is 6.46. The number of aryl methyl sites for hydroxylation is 1. The number of ether oxygens (including phenoxy) is 1. The van der Waals surface area contributed by atoms with Crippen LogP contribution in [0.2, 0.25) is 0 Å². The van der Waals surface area contributed by atoms with Gasteiger partial charge in [0.05, 0.1) is 28.3 Å². The number of nitro benzene ring substituents is 1. The Balaban J connectivity index is 2.09. The van der Waals surface area contributed by atoms with E-state index in [1.54, 1.807) is 13.8 Å². The zero-order valence-corrected chi connectivity index (χ0v) is 15.9. The Kier molecular flexibility index (Phi) is 4.42. The highest BCUT2D eigenvalue weighted by Crippen LogP contribution is 2.29. The fourth-order valence-electron chi connectivity index (χ4n) is 3.36. The van der Waals surface area contributed by atoms with Crippen molar-refractivity contribution >= 4 is 34.6 Å². The van der Waals surface area contributed by atoms with Crippen molar-refractivity contribution in [2.24, 2.45) is 0 Å². The number of nitrogens with zero attached hydrogens (tertiary/aromatic N) is 4. The van der Waals surface area contributed by atoms with Gasteiger partial charge >= 0.3 is 5.97 Å². The summed E-state index contributed by atoms with van der Waals surface area (Å²) in [7, 11) is 0. The molecule has 0 atom stereocenters. The van der Waals surface area contributed by atoms with Crippen LogP contribution in [-0.4, -0.2) is 42.7 Å². The number of benzene rings is 1. The Hall–Kier alpha value is -4.28. The van der Waals surface area contributed by atoms with Crippen molar-refractivity contribution in [2.45, 2.75) is 13.8 Å². The van der Waals surface area contributed by atoms with Crippen LogP contribution in [-0.2, 0) is 4.74 Å². The molecule has 1 N–H and O–H groups in total. The molecule has 0 saturated heterocycles. The lowest BCUT2D eigenvalue weighted by molar-refractivity contribution is -0.384. The zero-order chi connectivity index (χ0) is 21.6. The number of aromatic nitrogens is 4. The number of imidazole rings is 1. The number of esters is 1. The van der Waals surface area contributed by atoms with Gasteiger partial charge in [0, 0.05) is 24.0 Å². The molecule has 0 bridgehead atoms. The number of carbonyl (C=O) groups excluding carboxylic acids is 2. The highest BCUT2D eigenvalue weighted by Gasteiger charge is 2.23. The van der Waals surface area contributed by atoms with Gasteiger partial charge in [-0.1, -0.05) is 0 Å². The fraction of sp³-hybridized carbons (Fsp3) is 0.158. The van der Waals surface area contributed by atoms with Gasteiger partial charge in [0.2, 0.25) is 5.65 Å². The van der Waals surface area contributed by atoms with E-state index in [0.717, 1.165) is 0 Å². The van der Waals surface area contributed by atoms with Crippen molar-refractivity contribution < 1.29 is 19.2 Å². The molecule has 0 fully saturated rings. The number of nitrogens with one attached hydrogen (secondary N) is 1. The summed E-state index contributed by atoms with van der Waals surface area (Å²) in [6.45, 7) is 3.40. The first kappa shape index (κ1) is 19.1. The third kappa shape index (κ3) is 2.83. The van der Waals surface area contributed by atoms with E-state index in [-0.39, 0.29) is 34.8 Å². The summed E-state index contributed by atoms with van der Waals surface area (Å²) in [5.74, 6) is -0.672. The van der Waals surface area contributed by atoms with Gasteiger partial charge in [-0.25, -0.2) is 9.78 Å². The van der Waals surface area contributed by atoms with Gasteiger partial charge in [0.1, 0.15) is 5.69 Å². The number of nitro groups is 1. The number of hydrogen-bond donors (Lipinski definition) is 1. The van der Waals surface area contributed by atoms with E-state index < -0.39 is 16.5 Å². The summed E-state index contributed by atoms with van der Waals surface area (Å²) in [6, 6.07) is 4.24. The van der Waals surface area contributed by atoms with E-state index in [0.29, 0.717) is 23.1 Å². The molecule has 0 saturated carbocycles. The van der Waals surface area contributed by atoms with Crippen LogP contribution in [0.5, 0.6) is 0 Å². The molecule has 3 aromatic heterocycles. The molecule has 152 valence electrons. The number of rotatable bonds is 5.